The van der Waals surface area contributed by atoms with Gasteiger partial charge in [0, 0.05) is 48.3 Å². The minimum Gasteiger partial charge on any atom is -0.384 e. The normalized spacial score (nSPS) is 15.4. The average Bonchev–Trinajstić information content (AvgIpc) is 3.00. The molecule has 112 valence electrons. The number of anilines is 2. The van der Waals surface area contributed by atoms with Crippen molar-refractivity contribution in [2.45, 2.75) is 19.3 Å². The number of nitrogens with one attached hydrogen (secondary N) is 1. The van der Waals surface area contributed by atoms with Crippen LogP contribution in [0, 0.1) is 0 Å². The molecular weight excluding hydrogens is 274 g/mol. The lowest BCUT2D eigenvalue weighted by Crippen LogP contribution is -2.29. The Balaban J connectivity index is 1.89. The highest BCUT2D eigenvalue weighted by Gasteiger charge is 2.18. The van der Waals surface area contributed by atoms with Crippen molar-refractivity contribution < 1.29 is 0 Å². The first-order valence-corrected chi connectivity index (χ1v) is 7.76. The molecule has 4 heterocycles. The maximum absolute atomic E-state index is 5.84. The SMILES string of the molecule is Nc1cc(-c2c[nH]c3nccc(N4CCCCC4)c23)ccn1. The highest BCUT2D eigenvalue weighted by molar-refractivity contribution is 6.02. The number of rotatable bonds is 2. The van der Waals surface area contributed by atoms with Crippen molar-refractivity contribution in [2.75, 3.05) is 23.7 Å². The number of H-pyrrole nitrogens is 1. The molecule has 3 aromatic heterocycles. The van der Waals surface area contributed by atoms with Crippen LogP contribution < -0.4 is 10.6 Å². The Labute approximate surface area is 129 Å². The number of nitrogen functional groups attached to an aromatic ring is 1. The average molecular weight is 293 g/mol. The van der Waals surface area contributed by atoms with Crippen molar-refractivity contribution in [3.8, 4) is 11.1 Å². The fourth-order valence-electron chi connectivity index (χ4n) is 3.28. The highest BCUT2D eigenvalue weighted by atomic mass is 15.1. The van der Waals surface area contributed by atoms with E-state index in [1.807, 2.05) is 24.5 Å². The fourth-order valence-corrected chi connectivity index (χ4v) is 3.28. The number of nitrogens with zero attached hydrogens (tertiary/aromatic N) is 3. The molecule has 1 saturated heterocycles. The van der Waals surface area contributed by atoms with Gasteiger partial charge in [0.25, 0.3) is 0 Å². The monoisotopic (exact) mass is 293 g/mol. The minimum atomic E-state index is 0.537. The molecule has 1 aliphatic rings. The molecule has 1 fully saturated rings. The molecule has 5 nitrogen and oxygen atoms in total. The first kappa shape index (κ1) is 13.1. The Hall–Kier alpha value is -2.56. The highest BCUT2D eigenvalue weighted by Crippen LogP contribution is 2.36. The molecule has 0 unspecified atom stereocenters. The van der Waals surface area contributed by atoms with Crippen LogP contribution in [0.3, 0.4) is 0 Å². The predicted molar refractivity (Wildman–Crippen MR) is 89.8 cm³/mol. The Bertz CT molecular complexity index is 802. The molecule has 0 amide bonds. The van der Waals surface area contributed by atoms with E-state index in [4.69, 9.17) is 5.73 Å². The van der Waals surface area contributed by atoms with E-state index < -0.39 is 0 Å². The van der Waals surface area contributed by atoms with Gasteiger partial charge in [0.1, 0.15) is 11.5 Å². The first-order chi connectivity index (χ1) is 10.8. The summed E-state index contributed by atoms with van der Waals surface area (Å²) in [6.45, 7) is 2.23. The summed E-state index contributed by atoms with van der Waals surface area (Å²) in [5.41, 5.74) is 10.2. The number of nitrogens with two attached hydrogens (primary N) is 1. The molecule has 3 N–H and O–H groups in total. The molecule has 5 heteroatoms. The van der Waals surface area contributed by atoms with Crippen molar-refractivity contribution in [3.05, 3.63) is 36.8 Å². The predicted octanol–water partition coefficient (Wildman–Crippen LogP) is 3.20. The number of fused-ring (bicyclic) bond motifs is 1. The topological polar surface area (TPSA) is 70.8 Å². The number of piperidine rings is 1. The summed E-state index contributed by atoms with van der Waals surface area (Å²) in [5, 5.41) is 1.18. The van der Waals surface area contributed by atoms with Crippen LogP contribution in [-0.4, -0.2) is 28.0 Å². The lowest BCUT2D eigenvalue weighted by Gasteiger charge is -2.29. The third kappa shape index (κ3) is 2.19. The lowest BCUT2D eigenvalue weighted by atomic mass is 10.0. The second kappa shape index (κ2) is 5.33. The molecule has 1 aliphatic heterocycles. The standard InChI is InChI=1S/C17H19N5/c18-15-10-12(4-6-19-15)13-11-21-17-16(13)14(5-7-20-17)22-8-2-1-3-9-22/h4-7,10-11H,1-3,8-9H2,(H2,18,19)(H,20,21). The summed E-state index contributed by atoms with van der Waals surface area (Å²) in [6, 6.07) is 6.02. The van der Waals surface area contributed by atoms with Crippen molar-refractivity contribution >= 4 is 22.5 Å². The zero-order chi connectivity index (χ0) is 14.9. The summed E-state index contributed by atoms with van der Waals surface area (Å²) in [6.07, 6.45) is 9.48. The Morgan fingerprint density at radius 3 is 2.68 bits per heavy atom. The smallest absolute Gasteiger partial charge is 0.139 e. The number of pyridine rings is 2. The maximum Gasteiger partial charge on any atom is 0.139 e. The van der Waals surface area contributed by atoms with Gasteiger partial charge in [-0.2, -0.15) is 0 Å². The third-order valence-corrected chi connectivity index (χ3v) is 4.34. The van der Waals surface area contributed by atoms with Gasteiger partial charge in [-0.15, -0.1) is 0 Å². The van der Waals surface area contributed by atoms with Crippen LogP contribution in [0.5, 0.6) is 0 Å². The van der Waals surface area contributed by atoms with Gasteiger partial charge >= 0.3 is 0 Å². The van der Waals surface area contributed by atoms with Gasteiger partial charge < -0.3 is 15.6 Å². The van der Waals surface area contributed by atoms with Crippen molar-refractivity contribution in [1.82, 2.24) is 15.0 Å². The summed E-state index contributed by atoms with van der Waals surface area (Å²) in [7, 11) is 0. The molecule has 0 atom stereocenters. The summed E-state index contributed by atoms with van der Waals surface area (Å²) < 4.78 is 0. The van der Waals surface area contributed by atoms with E-state index in [1.54, 1.807) is 6.20 Å². The van der Waals surface area contributed by atoms with E-state index >= 15 is 0 Å². The van der Waals surface area contributed by atoms with Gasteiger partial charge in [-0.05, 0) is 43.0 Å². The summed E-state index contributed by atoms with van der Waals surface area (Å²) in [5.74, 6) is 0.537. The van der Waals surface area contributed by atoms with E-state index in [-0.39, 0.29) is 0 Å². The number of hydrogen-bond acceptors (Lipinski definition) is 4. The second-order valence-corrected chi connectivity index (χ2v) is 5.77. The molecule has 4 rings (SSSR count). The molecule has 0 bridgehead atoms. The van der Waals surface area contributed by atoms with Crippen LogP contribution in [-0.2, 0) is 0 Å². The van der Waals surface area contributed by atoms with Gasteiger partial charge in [-0.3, -0.25) is 0 Å². The molecule has 0 aliphatic carbocycles. The van der Waals surface area contributed by atoms with Crippen LogP contribution >= 0.6 is 0 Å². The Morgan fingerprint density at radius 1 is 1.05 bits per heavy atom. The van der Waals surface area contributed by atoms with Gasteiger partial charge in [0.05, 0.1) is 0 Å². The van der Waals surface area contributed by atoms with Crippen LogP contribution in [0.25, 0.3) is 22.2 Å². The largest absolute Gasteiger partial charge is 0.384 e. The zero-order valence-corrected chi connectivity index (χ0v) is 12.4. The van der Waals surface area contributed by atoms with Gasteiger partial charge in [-0.1, -0.05) is 0 Å². The van der Waals surface area contributed by atoms with Crippen molar-refractivity contribution in [1.29, 1.82) is 0 Å². The van der Waals surface area contributed by atoms with Crippen LogP contribution in [0.4, 0.5) is 11.5 Å². The third-order valence-electron chi connectivity index (χ3n) is 4.34. The summed E-state index contributed by atoms with van der Waals surface area (Å²) in [4.78, 5) is 14.3. The first-order valence-electron chi connectivity index (χ1n) is 7.76. The Kier molecular flexibility index (Phi) is 3.18. The lowest BCUT2D eigenvalue weighted by molar-refractivity contribution is 0.579. The van der Waals surface area contributed by atoms with Crippen LogP contribution in [0.2, 0.25) is 0 Å². The second-order valence-electron chi connectivity index (χ2n) is 5.77. The molecule has 0 spiro atoms. The number of aromatic amines is 1. The van der Waals surface area contributed by atoms with E-state index in [2.05, 4.69) is 25.9 Å². The van der Waals surface area contributed by atoms with E-state index in [0.717, 1.165) is 29.9 Å². The van der Waals surface area contributed by atoms with Crippen LogP contribution in [0.1, 0.15) is 19.3 Å². The molecule has 3 aromatic rings. The number of aromatic nitrogens is 3. The van der Waals surface area contributed by atoms with E-state index in [9.17, 15) is 0 Å². The molecule has 22 heavy (non-hydrogen) atoms. The number of hydrogen-bond donors (Lipinski definition) is 2. The fraction of sp³-hybridized carbons (Fsp3) is 0.294. The maximum atomic E-state index is 5.84. The van der Waals surface area contributed by atoms with Crippen LogP contribution in [0.15, 0.2) is 36.8 Å². The minimum absolute atomic E-state index is 0.537. The van der Waals surface area contributed by atoms with Gasteiger partial charge in [-0.25, -0.2) is 9.97 Å². The molecule has 0 saturated carbocycles. The van der Waals surface area contributed by atoms with Crippen molar-refractivity contribution in [3.63, 3.8) is 0 Å². The van der Waals surface area contributed by atoms with Gasteiger partial charge in [0.15, 0.2) is 0 Å². The molecular formula is C17H19N5. The van der Waals surface area contributed by atoms with Crippen molar-refractivity contribution in [2.24, 2.45) is 0 Å². The van der Waals surface area contributed by atoms with Gasteiger partial charge in [0.2, 0.25) is 0 Å². The molecule has 0 radical (unpaired) electrons. The summed E-state index contributed by atoms with van der Waals surface area (Å²) >= 11 is 0. The van der Waals surface area contributed by atoms with E-state index in [0.29, 0.717) is 5.82 Å². The zero-order valence-electron chi connectivity index (χ0n) is 12.4. The quantitative estimate of drug-likeness (QED) is 0.761. The molecule has 0 aromatic carbocycles. The Morgan fingerprint density at radius 2 is 1.86 bits per heavy atom. The van der Waals surface area contributed by atoms with E-state index in [1.165, 1.54) is 30.3 Å².